The molecule has 0 bridgehead atoms. The molecule has 0 aliphatic heterocycles. The molecule has 0 aliphatic carbocycles. The molecule has 2 N–H and O–H groups in total. The predicted octanol–water partition coefficient (Wildman–Crippen LogP) is 2.91. The molecule has 0 aliphatic rings. The quantitative estimate of drug-likeness (QED) is 0.878. The Kier molecular flexibility index (Phi) is 4.88. The Hall–Kier alpha value is -1.71. The lowest BCUT2D eigenvalue weighted by Crippen LogP contribution is -2.32. The van der Waals surface area contributed by atoms with Gasteiger partial charge in [-0.25, -0.2) is 0 Å². The van der Waals surface area contributed by atoms with Crippen molar-refractivity contribution in [2.75, 3.05) is 0 Å². The Morgan fingerprint density at radius 3 is 2.60 bits per heavy atom. The summed E-state index contributed by atoms with van der Waals surface area (Å²) < 4.78 is 0. The van der Waals surface area contributed by atoms with Crippen LogP contribution in [0, 0.1) is 13.8 Å². The van der Waals surface area contributed by atoms with E-state index in [-0.39, 0.29) is 6.04 Å². The van der Waals surface area contributed by atoms with Crippen LogP contribution in [0.15, 0.2) is 42.6 Å². The van der Waals surface area contributed by atoms with Crippen LogP contribution in [0.5, 0.6) is 0 Å². The third-order valence-corrected chi connectivity index (χ3v) is 3.68. The number of pyridine rings is 1. The lowest BCUT2D eigenvalue weighted by Gasteiger charge is -2.21. The van der Waals surface area contributed by atoms with Crippen LogP contribution >= 0.6 is 0 Å². The molecule has 0 radical (unpaired) electrons. The molecule has 2 rings (SSSR count). The van der Waals surface area contributed by atoms with Crippen molar-refractivity contribution in [3.05, 3.63) is 65.0 Å². The van der Waals surface area contributed by atoms with E-state index in [0.717, 1.165) is 11.3 Å². The van der Waals surface area contributed by atoms with Crippen molar-refractivity contribution in [3.63, 3.8) is 0 Å². The molecule has 0 fully saturated rings. The highest BCUT2D eigenvalue weighted by atomic mass is 16.3. The summed E-state index contributed by atoms with van der Waals surface area (Å²) >= 11 is 0. The summed E-state index contributed by atoms with van der Waals surface area (Å²) in [5.41, 5.74) is 4.38. The normalized spacial score (nSPS) is 14.0. The summed E-state index contributed by atoms with van der Waals surface area (Å²) in [6.07, 6.45) is 1.26. The van der Waals surface area contributed by atoms with Crippen LogP contribution < -0.4 is 5.32 Å². The average Bonchev–Trinajstić information content (AvgIpc) is 2.48. The maximum atomic E-state index is 10.4. The van der Waals surface area contributed by atoms with Crippen molar-refractivity contribution < 1.29 is 5.11 Å². The van der Waals surface area contributed by atoms with Gasteiger partial charge in [0.05, 0.1) is 11.8 Å². The first-order chi connectivity index (χ1) is 9.58. The van der Waals surface area contributed by atoms with Crippen molar-refractivity contribution in [1.29, 1.82) is 0 Å². The standard InChI is InChI=1S/C17H22N2O/c1-12-7-8-15(10-13(12)2)17(20)14(3)19-11-16-6-4-5-9-18-16/h4-10,14,17,19-20H,11H2,1-3H3. The molecule has 1 aromatic heterocycles. The van der Waals surface area contributed by atoms with Crippen molar-refractivity contribution >= 4 is 0 Å². The van der Waals surface area contributed by atoms with Gasteiger partial charge in [0.1, 0.15) is 0 Å². The lowest BCUT2D eigenvalue weighted by molar-refractivity contribution is 0.135. The fraction of sp³-hybridized carbons (Fsp3) is 0.353. The molecule has 3 heteroatoms. The van der Waals surface area contributed by atoms with Gasteiger partial charge in [-0.1, -0.05) is 24.3 Å². The zero-order valence-corrected chi connectivity index (χ0v) is 12.3. The molecule has 0 saturated heterocycles. The maximum absolute atomic E-state index is 10.4. The van der Waals surface area contributed by atoms with E-state index in [2.05, 4.69) is 36.3 Å². The smallest absolute Gasteiger partial charge is 0.0940 e. The van der Waals surface area contributed by atoms with Gasteiger partial charge in [-0.05, 0) is 49.6 Å². The van der Waals surface area contributed by atoms with Crippen LogP contribution in [-0.2, 0) is 6.54 Å². The second-order valence-electron chi connectivity index (χ2n) is 5.28. The van der Waals surface area contributed by atoms with Crippen molar-refractivity contribution in [2.24, 2.45) is 0 Å². The number of aliphatic hydroxyl groups is 1. The van der Waals surface area contributed by atoms with Crippen molar-refractivity contribution in [3.8, 4) is 0 Å². The highest BCUT2D eigenvalue weighted by Gasteiger charge is 2.16. The number of aliphatic hydroxyl groups excluding tert-OH is 1. The molecular formula is C17H22N2O. The van der Waals surface area contributed by atoms with Crippen molar-refractivity contribution in [1.82, 2.24) is 10.3 Å². The van der Waals surface area contributed by atoms with Gasteiger partial charge in [0, 0.05) is 18.8 Å². The molecule has 0 spiro atoms. The number of aromatic nitrogens is 1. The number of hydrogen-bond acceptors (Lipinski definition) is 3. The maximum Gasteiger partial charge on any atom is 0.0940 e. The van der Waals surface area contributed by atoms with Crippen molar-refractivity contribution in [2.45, 2.75) is 39.5 Å². The molecule has 3 nitrogen and oxygen atoms in total. The summed E-state index contributed by atoms with van der Waals surface area (Å²) in [6.45, 7) is 6.79. The minimum Gasteiger partial charge on any atom is -0.387 e. The first-order valence-electron chi connectivity index (χ1n) is 6.96. The van der Waals surface area contributed by atoms with E-state index < -0.39 is 6.10 Å². The molecule has 1 aromatic carbocycles. The van der Waals surface area contributed by atoms with Gasteiger partial charge in [0.2, 0.25) is 0 Å². The lowest BCUT2D eigenvalue weighted by atomic mass is 9.99. The molecule has 0 amide bonds. The zero-order chi connectivity index (χ0) is 14.5. The highest BCUT2D eigenvalue weighted by molar-refractivity contribution is 5.31. The fourth-order valence-electron chi connectivity index (χ4n) is 2.12. The number of hydrogen-bond donors (Lipinski definition) is 2. The summed E-state index contributed by atoms with van der Waals surface area (Å²) in [7, 11) is 0. The van der Waals surface area contributed by atoms with E-state index in [0.29, 0.717) is 6.54 Å². The largest absolute Gasteiger partial charge is 0.387 e. The summed E-state index contributed by atoms with van der Waals surface area (Å²) in [5, 5.41) is 13.7. The molecule has 2 atom stereocenters. The Morgan fingerprint density at radius 1 is 1.15 bits per heavy atom. The SMILES string of the molecule is Cc1ccc(C(O)C(C)NCc2ccccn2)cc1C. The number of benzene rings is 1. The van der Waals surface area contributed by atoms with Crippen LogP contribution in [0.3, 0.4) is 0 Å². The summed E-state index contributed by atoms with van der Waals surface area (Å²) in [5.74, 6) is 0. The number of nitrogens with one attached hydrogen (secondary N) is 1. The van der Waals surface area contributed by atoms with Gasteiger partial charge in [0.25, 0.3) is 0 Å². The molecular weight excluding hydrogens is 248 g/mol. The molecule has 106 valence electrons. The number of aryl methyl sites for hydroxylation is 2. The van der Waals surface area contributed by atoms with E-state index in [1.165, 1.54) is 11.1 Å². The Labute approximate surface area is 120 Å². The summed E-state index contributed by atoms with van der Waals surface area (Å²) in [6, 6.07) is 11.9. The molecule has 1 heterocycles. The van der Waals surface area contributed by atoms with Crippen LogP contribution in [-0.4, -0.2) is 16.1 Å². The first-order valence-corrected chi connectivity index (χ1v) is 6.96. The van der Waals surface area contributed by atoms with Crippen LogP contribution in [0.1, 0.15) is 35.4 Å². The fourth-order valence-corrected chi connectivity index (χ4v) is 2.12. The van der Waals surface area contributed by atoms with Gasteiger partial charge in [0.15, 0.2) is 0 Å². The van der Waals surface area contributed by atoms with E-state index in [4.69, 9.17) is 0 Å². The van der Waals surface area contributed by atoms with Crippen LogP contribution in [0.4, 0.5) is 0 Å². The highest BCUT2D eigenvalue weighted by Crippen LogP contribution is 2.20. The number of rotatable bonds is 5. The second kappa shape index (κ2) is 6.64. The Balaban J connectivity index is 1.97. The molecule has 20 heavy (non-hydrogen) atoms. The summed E-state index contributed by atoms with van der Waals surface area (Å²) in [4.78, 5) is 4.26. The molecule has 2 unspecified atom stereocenters. The Bertz CT molecular complexity index is 554. The van der Waals surface area contributed by atoms with E-state index in [1.807, 2.05) is 31.2 Å². The topological polar surface area (TPSA) is 45.1 Å². The second-order valence-corrected chi connectivity index (χ2v) is 5.28. The van der Waals surface area contributed by atoms with E-state index in [9.17, 15) is 5.11 Å². The van der Waals surface area contributed by atoms with E-state index >= 15 is 0 Å². The third kappa shape index (κ3) is 3.65. The van der Waals surface area contributed by atoms with Gasteiger partial charge >= 0.3 is 0 Å². The van der Waals surface area contributed by atoms with Gasteiger partial charge < -0.3 is 10.4 Å². The van der Waals surface area contributed by atoms with Gasteiger partial charge in [-0.2, -0.15) is 0 Å². The Morgan fingerprint density at radius 2 is 1.95 bits per heavy atom. The molecule has 2 aromatic rings. The van der Waals surface area contributed by atoms with Gasteiger partial charge in [-0.15, -0.1) is 0 Å². The average molecular weight is 270 g/mol. The minimum absolute atomic E-state index is 0.0286. The minimum atomic E-state index is -0.516. The first kappa shape index (κ1) is 14.7. The molecule has 0 saturated carbocycles. The predicted molar refractivity (Wildman–Crippen MR) is 81.4 cm³/mol. The zero-order valence-electron chi connectivity index (χ0n) is 12.3. The van der Waals surface area contributed by atoms with Crippen LogP contribution in [0.25, 0.3) is 0 Å². The number of nitrogens with zero attached hydrogens (tertiary/aromatic N) is 1. The monoisotopic (exact) mass is 270 g/mol. The third-order valence-electron chi connectivity index (χ3n) is 3.68. The van der Waals surface area contributed by atoms with Gasteiger partial charge in [-0.3, -0.25) is 4.98 Å². The van der Waals surface area contributed by atoms with Crippen LogP contribution in [0.2, 0.25) is 0 Å². The van der Waals surface area contributed by atoms with E-state index in [1.54, 1.807) is 6.20 Å².